The van der Waals surface area contributed by atoms with Crippen molar-refractivity contribution in [1.82, 2.24) is 4.90 Å². The fourth-order valence-electron chi connectivity index (χ4n) is 0.821. The molecule has 1 aliphatic heterocycles. The lowest BCUT2D eigenvalue weighted by Crippen LogP contribution is -2.18. The SMILES string of the molecule is C=C1C=CC=CN1CCCl. The lowest BCUT2D eigenvalue weighted by Gasteiger charge is -2.20. The van der Waals surface area contributed by atoms with Crippen molar-refractivity contribution in [1.29, 1.82) is 0 Å². The second-order valence-corrected chi connectivity index (χ2v) is 2.45. The maximum absolute atomic E-state index is 5.56. The Labute approximate surface area is 66.3 Å². The van der Waals surface area contributed by atoms with E-state index in [9.17, 15) is 0 Å². The van der Waals surface area contributed by atoms with Crippen molar-refractivity contribution in [3.63, 3.8) is 0 Å². The summed E-state index contributed by atoms with van der Waals surface area (Å²) in [6.07, 6.45) is 7.88. The van der Waals surface area contributed by atoms with Crippen LogP contribution in [0.25, 0.3) is 0 Å². The molecule has 0 amide bonds. The van der Waals surface area contributed by atoms with Crippen LogP contribution in [0.15, 0.2) is 36.7 Å². The largest absolute Gasteiger partial charge is 0.347 e. The van der Waals surface area contributed by atoms with Crippen molar-refractivity contribution in [3.8, 4) is 0 Å². The average molecular weight is 156 g/mol. The van der Waals surface area contributed by atoms with Crippen LogP contribution < -0.4 is 0 Å². The summed E-state index contributed by atoms with van der Waals surface area (Å²) in [5.41, 5.74) is 1.00. The summed E-state index contributed by atoms with van der Waals surface area (Å²) in [6.45, 7) is 4.68. The number of alkyl halides is 1. The van der Waals surface area contributed by atoms with Crippen molar-refractivity contribution in [3.05, 3.63) is 36.7 Å². The smallest absolute Gasteiger partial charge is 0.0403 e. The highest BCUT2D eigenvalue weighted by Crippen LogP contribution is 2.08. The van der Waals surface area contributed by atoms with Crippen LogP contribution in [0.5, 0.6) is 0 Å². The third-order valence-corrected chi connectivity index (χ3v) is 1.53. The summed E-state index contributed by atoms with van der Waals surface area (Å²) in [5.74, 6) is 0.636. The summed E-state index contributed by atoms with van der Waals surface area (Å²) in [5, 5.41) is 0. The molecule has 1 aliphatic rings. The van der Waals surface area contributed by atoms with E-state index in [1.165, 1.54) is 0 Å². The zero-order chi connectivity index (χ0) is 7.40. The summed E-state index contributed by atoms with van der Waals surface area (Å²) >= 11 is 5.56. The predicted molar refractivity (Wildman–Crippen MR) is 44.8 cm³/mol. The minimum atomic E-state index is 0.636. The molecule has 1 rings (SSSR count). The molecule has 1 nitrogen and oxygen atoms in total. The summed E-state index contributed by atoms with van der Waals surface area (Å²) in [4.78, 5) is 2.02. The van der Waals surface area contributed by atoms with Gasteiger partial charge in [0, 0.05) is 24.3 Å². The van der Waals surface area contributed by atoms with Crippen LogP contribution in [0.3, 0.4) is 0 Å². The monoisotopic (exact) mass is 155 g/mol. The van der Waals surface area contributed by atoms with Crippen molar-refractivity contribution < 1.29 is 0 Å². The van der Waals surface area contributed by atoms with E-state index in [-0.39, 0.29) is 0 Å². The lowest BCUT2D eigenvalue weighted by molar-refractivity contribution is 0.508. The Balaban J connectivity index is 2.53. The van der Waals surface area contributed by atoms with Crippen LogP contribution >= 0.6 is 11.6 Å². The van der Waals surface area contributed by atoms with Crippen LogP contribution in [0, 0.1) is 0 Å². The lowest BCUT2D eigenvalue weighted by atomic mass is 10.3. The first-order chi connectivity index (χ1) is 4.84. The standard InChI is InChI=1S/C8H10ClN/c1-8-4-2-3-6-10(8)7-5-9/h2-4,6H,1,5,7H2. The van der Waals surface area contributed by atoms with E-state index >= 15 is 0 Å². The van der Waals surface area contributed by atoms with Gasteiger partial charge in [0.05, 0.1) is 0 Å². The molecule has 0 saturated heterocycles. The van der Waals surface area contributed by atoms with Crippen LogP contribution in [0.1, 0.15) is 0 Å². The Morgan fingerprint density at radius 3 is 2.90 bits per heavy atom. The summed E-state index contributed by atoms with van der Waals surface area (Å²) < 4.78 is 0. The molecule has 0 fully saturated rings. The molecule has 0 spiro atoms. The van der Waals surface area contributed by atoms with Gasteiger partial charge in [0.25, 0.3) is 0 Å². The average Bonchev–Trinajstić information content (AvgIpc) is 1.94. The first-order valence-electron chi connectivity index (χ1n) is 3.21. The van der Waals surface area contributed by atoms with Crippen LogP contribution in [-0.4, -0.2) is 17.3 Å². The molecule has 1 heterocycles. The van der Waals surface area contributed by atoms with Gasteiger partial charge in [-0.25, -0.2) is 0 Å². The molecule has 0 bridgehead atoms. The first-order valence-corrected chi connectivity index (χ1v) is 3.74. The van der Waals surface area contributed by atoms with Gasteiger partial charge in [-0.3, -0.25) is 0 Å². The maximum atomic E-state index is 5.56. The Bertz CT molecular complexity index is 182. The number of allylic oxidation sites excluding steroid dienone is 3. The van der Waals surface area contributed by atoms with Crippen molar-refractivity contribution in [2.24, 2.45) is 0 Å². The van der Waals surface area contributed by atoms with E-state index in [2.05, 4.69) is 6.58 Å². The second-order valence-electron chi connectivity index (χ2n) is 2.07. The highest BCUT2D eigenvalue weighted by atomic mass is 35.5. The maximum Gasteiger partial charge on any atom is 0.0403 e. The van der Waals surface area contributed by atoms with Gasteiger partial charge in [-0.05, 0) is 12.2 Å². The minimum absolute atomic E-state index is 0.636. The van der Waals surface area contributed by atoms with Crippen LogP contribution in [0.2, 0.25) is 0 Å². The topological polar surface area (TPSA) is 3.24 Å². The number of hydrogen-bond acceptors (Lipinski definition) is 1. The molecule has 0 saturated carbocycles. The molecule has 0 aromatic carbocycles. The molecule has 0 aliphatic carbocycles. The molecule has 54 valence electrons. The van der Waals surface area contributed by atoms with Crippen molar-refractivity contribution in [2.75, 3.05) is 12.4 Å². The molecule has 10 heavy (non-hydrogen) atoms. The molecule has 0 radical (unpaired) electrons. The highest BCUT2D eigenvalue weighted by molar-refractivity contribution is 6.18. The van der Waals surface area contributed by atoms with E-state index in [0.717, 1.165) is 12.2 Å². The van der Waals surface area contributed by atoms with Gasteiger partial charge in [0.1, 0.15) is 0 Å². The van der Waals surface area contributed by atoms with Gasteiger partial charge >= 0.3 is 0 Å². The molecule has 0 aromatic heterocycles. The van der Waals surface area contributed by atoms with Crippen LogP contribution in [-0.2, 0) is 0 Å². The van der Waals surface area contributed by atoms with Gasteiger partial charge in [-0.15, -0.1) is 11.6 Å². The zero-order valence-electron chi connectivity index (χ0n) is 5.76. The van der Waals surface area contributed by atoms with Gasteiger partial charge in [-0.1, -0.05) is 12.7 Å². The fourth-order valence-corrected chi connectivity index (χ4v) is 1.00. The molecular formula is C8H10ClN. The van der Waals surface area contributed by atoms with Crippen LogP contribution in [0.4, 0.5) is 0 Å². The second kappa shape index (κ2) is 3.47. The first kappa shape index (κ1) is 7.42. The highest BCUT2D eigenvalue weighted by Gasteiger charge is 2.01. The number of rotatable bonds is 2. The molecule has 0 aromatic rings. The number of halogens is 1. The number of hydrogen-bond donors (Lipinski definition) is 0. The van der Waals surface area contributed by atoms with E-state index in [0.29, 0.717) is 5.88 Å². The van der Waals surface area contributed by atoms with Gasteiger partial charge in [0.2, 0.25) is 0 Å². The van der Waals surface area contributed by atoms with E-state index in [1.54, 1.807) is 0 Å². The zero-order valence-corrected chi connectivity index (χ0v) is 6.51. The predicted octanol–water partition coefficient (Wildman–Crippen LogP) is 2.12. The Kier molecular flexibility index (Phi) is 2.57. The van der Waals surface area contributed by atoms with Gasteiger partial charge < -0.3 is 4.90 Å². The molecule has 0 N–H and O–H groups in total. The van der Waals surface area contributed by atoms with Crippen molar-refractivity contribution >= 4 is 11.6 Å². The molecular weight excluding hydrogens is 146 g/mol. The summed E-state index contributed by atoms with van der Waals surface area (Å²) in [6, 6.07) is 0. The molecule has 0 atom stereocenters. The number of nitrogens with zero attached hydrogens (tertiary/aromatic N) is 1. The summed E-state index contributed by atoms with van der Waals surface area (Å²) in [7, 11) is 0. The Morgan fingerprint density at radius 2 is 2.30 bits per heavy atom. The normalized spacial score (nSPS) is 16.5. The fraction of sp³-hybridized carbons (Fsp3) is 0.250. The van der Waals surface area contributed by atoms with Crippen molar-refractivity contribution in [2.45, 2.75) is 0 Å². The Morgan fingerprint density at radius 1 is 1.50 bits per heavy atom. The quantitative estimate of drug-likeness (QED) is 0.553. The van der Waals surface area contributed by atoms with E-state index in [4.69, 9.17) is 11.6 Å². The van der Waals surface area contributed by atoms with E-state index in [1.807, 2.05) is 29.3 Å². The van der Waals surface area contributed by atoms with Gasteiger partial charge in [0.15, 0.2) is 0 Å². The third kappa shape index (κ3) is 1.64. The molecule has 0 unspecified atom stereocenters. The minimum Gasteiger partial charge on any atom is -0.347 e. The Hall–Kier alpha value is -0.690. The van der Waals surface area contributed by atoms with E-state index < -0.39 is 0 Å². The third-order valence-electron chi connectivity index (χ3n) is 1.36. The van der Waals surface area contributed by atoms with Gasteiger partial charge in [-0.2, -0.15) is 0 Å². The molecule has 2 heteroatoms.